The summed E-state index contributed by atoms with van der Waals surface area (Å²) in [6.07, 6.45) is 0.0725. The first-order chi connectivity index (χ1) is 7.64. The summed E-state index contributed by atoms with van der Waals surface area (Å²) in [7, 11) is 0. The predicted molar refractivity (Wildman–Crippen MR) is 69.2 cm³/mol. The highest BCUT2D eigenvalue weighted by atomic mass is 32.2. The second-order valence-electron chi connectivity index (χ2n) is 5.79. The van der Waals surface area contributed by atoms with Crippen LogP contribution in [0.1, 0.15) is 34.1 Å². The van der Waals surface area contributed by atoms with E-state index >= 15 is 0 Å². The lowest BCUT2D eigenvalue weighted by Gasteiger charge is -2.38. The van der Waals surface area contributed by atoms with Gasteiger partial charge in [-0.2, -0.15) is 11.8 Å². The summed E-state index contributed by atoms with van der Waals surface area (Å²) in [6.45, 7) is 8.84. The van der Waals surface area contributed by atoms with Crippen molar-refractivity contribution in [2.75, 3.05) is 18.8 Å². The van der Waals surface area contributed by atoms with E-state index in [4.69, 9.17) is 5.11 Å². The number of nitrogens with zero attached hydrogens (tertiary/aromatic N) is 1. The summed E-state index contributed by atoms with van der Waals surface area (Å²) < 4.78 is 0.0707. The van der Waals surface area contributed by atoms with Crippen molar-refractivity contribution in [3.8, 4) is 0 Å². The number of thioether (sulfide) groups is 1. The van der Waals surface area contributed by atoms with Gasteiger partial charge in [-0.1, -0.05) is 0 Å². The molecule has 1 heterocycles. The first kappa shape index (κ1) is 14.4. The molecule has 1 aliphatic rings. The topological polar surface area (TPSA) is 57.6 Å². The van der Waals surface area contributed by atoms with E-state index in [1.54, 1.807) is 18.7 Å². The summed E-state index contributed by atoms with van der Waals surface area (Å²) in [5.74, 6) is -0.0473. The van der Waals surface area contributed by atoms with Crippen molar-refractivity contribution >= 4 is 23.6 Å². The molecule has 17 heavy (non-hydrogen) atoms. The average Bonchev–Trinajstić information content (AvgIpc) is 2.15. The molecule has 0 unspecified atom stereocenters. The molecule has 0 aromatic carbocycles. The van der Waals surface area contributed by atoms with Gasteiger partial charge in [-0.25, -0.2) is 0 Å². The molecule has 1 amide bonds. The lowest BCUT2D eigenvalue weighted by Crippen LogP contribution is -2.47. The molecule has 0 aromatic rings. The van der Waals surface area contributed by atoms with Crippen molar-refractivity contribution in [2.45, 2.75) is 38.9 Å². The zero-order valence-corrected chi connectivity index (χ0v) is 11.8. The molecule has 4 nitrogen and oxygen atoms in total. The van der Waals surface area contributed by atoms with Crippen LogP contribution in [0.15, 0.2) is 0 Å². The van der Waals surface area contributed by atoms with Crippen molar-refractivity contribution in [3.63, 3.8) is 0 Å². The highest BCUT2D eigenvalue weighted by Gasteiger charge is 2.35. The zero-order chi connectivity index (χ0) is 13.3. The van der Waals surface area contributed by atoms with Gasteiger partial charge in [-0.05, 0) is 27.7 Å². The molecule has 1 aliphatic heterocycles. The van der Waals surface area contributed by atoms with Crippen LogP contribution in [0, 0.1) is 5.41 Å². The van der Waals surface area contributed by atoms with E-state index in [0.29, 0.717) is 6.54 Å². The Morgan fingerprint density at radius 2 is 2.00 bits per heavy atom. The molecule has 0 radical (unpaired) electrons. The predicted octanol–water partition coefficient (Wildman–Crippen LogP) is 1.84. The van der Waals surface area contributed by atoms with Gasteiger partial charge >= 0.3 is 5.97 Å². The first-order valence-corrected chi connectivity index (χ1v) is 6.78. The summed E-state index contributed by atoms with van der Waals surface area (Å²) in [5, 5.41) is 9.02. The third-order valence-corrected chi connectivity index (χ3v) is 4.25. The second-order valence-corrected chi connectivity index (χ2v) is 7.59. The molecule has 1 saturated heterocycles. The van der Waals surface area contributed by atoms with E-state index in [-0.39, 0.29) is 17.1 Å². The largest absolute Gasteiger partial charge is 0.481 e. The van der Waals surface area contributed by atoms with Gasteiger partial charge < -0.3 is 10.0 Å². The van der Waals surface area contributed by atoms with Gasteiger partial charge in [0.1, 0.15) is 0 Å². The van der Waals surface area contributed by atoms with Crippen LogP contribution in [-0.2, 0) is 9.59 Å². The molecular weight excluding hydrogens is 238 g/mol. The SMILES string of the molecule is CC1(C)CN(C(=O)CC(C)(C)C(=O)O)CCS1. The standard InChI is InChI=1S/C12H21NO3S/c1-11(2,10(15)16)7-9(14)13-5-6-17-12(3,4)8-13/h5-8H2,1-4H3,(H,15,16). The maximum Gasteiger partial charge on any atom is 0.309 e. The molecule has 0 aliphatic carbocycles. The number of carbonyl (C=O) groups excluding carboxylic acids is 1. The Hall–Kier alpha value is -0.710. The van der Waals surface area contributed by atoms with Crippen LogP contribution in [0.25, 0.3) is 0 Å². The fraction of sp³-hybridized carbons (Fsp3) is 0.833. The second kappa shape index (κ2) is 4.88. The van der Waals surface area contributed by atoms with Crippen molar-refractivity contribution in [3.05, 3.63) is 0 Å². The molecule has 0 saturated carbocycles. The third kappa shape index (κ3) is 3.91. The number of aliphatic carboxylic acids is 1. The Morgan fingerprint density at radius 3 is 2.47 bits per heavy atom. The lowest BCUT2D eigenvalue weighted by atomic mass is 9.89. The molecule has 1 fully saturated rings. The summed E-state index contributed by atoms with van der Waals surface area (Å²) >= 11 is 1.86. The number of rotatable bonds is 3. The van der Waals surface area contributed by atoms with Crippen LogP contribution in [-0.4, -0.2) is 45.5 Å². The van der Waals surface area contributed by atoms with Crippen molar-refractivity contribution in [1.29, 1.82) is 0 Å². The van der Waals surface area contributed by atoms with Crippen molar-refractivity contribution < 1.29 is 14.7 Å². The van der Waals surface area contributed by atoms with Crippen LogP contribution in [0.4, 0.5) is 0 Å². The van der Waals surface area contributed by atoms with Gasteiger partial charge in [0.2, 0.25) is 5.91 Å². The highest BCUT2D eigenvalue weighted by molar-refractivity contribution is 8.00. The molecule has 1 rings (SSSR count). The van der Waals surface area contributed by atoms with E-state index in [9.17, 15) is 9.59 Å². The van der Waals surface area contributed by atoms with Gasteiger partial charge in [-0.15, -0.1) is 0 Å². The molecule has 0 aromatic heterocycles. The van der Waals surface area contributed by atoms with E-state index in [1.165, 1.54) is 0 Å². The number of carboxylic acid groups (broad SMARTS) is 1. The maximum absolute atomic E-state index is 12.1. The van der Waals surface area contributed by atoms with E-state index in [0.717, 1.165) is 12.3 Å². The van der Waals surface area contributed by atoms with E-state index < -0.39 is 11.4 Å². The summed E-state index contributed by atoms with van der Waals surface area (Å²) in [4.78, 5) is 24.8. The maximum atomic E-state index is 12.1. The summed E-state index contributed by atoms with van der Waals surface area (Å²) in [6, 6.07) is 0. The molecule has 0 atom stereocenters. The van der Waals surface area contributed by atoms with Crippen molar-refractivity contribution in [1.82, 2.24) is 4.90 Å². The average molecular weight is 259 g/mol. The minimum absolute atomic E-state index is 0.0502. The zero-order valence-electron chi connectivity index (χ0n) is 10.9. The lowest BCUT2D eigenvalue weighted by molar-refractivity contribution is -0.151. The Labute approximate surface area is 107 Å². The molecule has 5 heteroatoms. The van der Waals surface area contributed by atoms with Crippen LogP contribution >= 0.6 is 11.8 Å². The Balaban J connectivity index is 2.62. The number of carboxylic acids is 1. The number of hydrogen-bond donors (Lipinski definition) is 1. The fourth-order valence-corrected chi connectivity index (χ4v) is 2.91. The number of carbonyl (C=O) groups is 2. The van der Waals surface area contributed by atoms with Gasteiger partial charge in [0.15, 0.2) is 0 Å². The molecule has 0 spiro atoms. The number of hydrogen-bond acceptors (Lipinski definition) is 3. The molecular formula is C12H21NO3S. The molecule has 1 N–H and O–H groups in total. The first-order valence-electron chi connectivity index (χ1n) is 5.79. The minimum Gasteiger partial charge on any atom is -0.481 e. The smallest absolute Gasteiger partial charge is 0.309 e. The van der Waals surface area contributed by atoms with Crippen molar-refractivity contribution in [2.24, 2.45) is 5.41 Å². The van der Waals surface area contributed by atoms with Gasteiger partial charge in [0, 0.05) is 30.0 Å². The Bertz CT molecular complexity index is 326. The Morgan fingerprint density at radius 1 is 1.41 bits per heavy atom. The monoisotopic (exact) mass is 259 g/mol. The quantitative estimate of drug-likeness (QED) is 0.840. The molecule has 0 bridgehead atoms. The van der Waals surface area contributed by atoms with E-state index in [2.05, 4.69) is 13.8 Å². The van der Waals surface area contributed by atoms with Gasteiger partial charge in [0.05, 0.1) is 5.41 Å². The Kier molecular flexibility index (Phi) is 4.12. The van der Waals surface area contributed by atoms with Gasteiger partial charge in [0.25, 0.3) is 0 Å². The van der Waals surface area contributed by atoms with Crippen LogP contribution in [0.3, 0.4) is 0 Å². The van der Waals surface area contributed by atoms with Crippen LogP contribution in [0.5, 0.6) is 0 Å². The van der Waals surface area contributed by atoms with Crippen LogP contribution < -0.4 is 0 Å². The minimum atomic E-state index is -0.980. The molecule has 98 valence electrons. The summed E-state index contributed by atoms with van der Waals surface area (Å²) in [5.41, 5.74) is -0.980. The van der Waals surface area contributed by atoms with E-state index in [1.807, 2.05) is 11.8 Å². The number of amides is 1. The van der Waals surface area contributed by atoms with Crippen LogP contribution in [0.2, 0.25) is 0 Å². The third-order valence-electron chi connectivity index (χ3n) is 2.95. The normalized spacial score (nSPS) is 20.1. The highest BCUT2D eigenvalue weighted by Crippen LogP contribution is 2.31. The fourth-order valence-electron chi connectivity index (χ4n) is 1.79. The van der Waals surface area contributed by atoms with Gasteiger partial charge in [-0.3, -0.25) is 9.59 Å².